The van der Waals surface area contributed by atoms with Crippen molar-refractivity contribution in [2.24, 2.45) is 10.9 Å². The van der Waals surface area contributed by atoms with E-state index in [4.69, 9.17) is 21.1 Å². The fourth-order valence-electron chi connectivity index (χ4n) is 2.62. The van der Waals surface area contributed by atoms with Crippen molar-refractivity contribution in [3.8, 4) is 11.5 Å². The number of nitrogens with zero attached hydrogens (tertiary/aromatic N) is 1. The molecule has 1 amide bonds. The van der Waals surface area contributed by atoms with Gasteiger partial charge in [-0.25, -0.2) is 4.99 Å². The molecule has 0 aromatic heterocycles. The van der Waals surface area contributed by atoms with E-state index in [1.807, 2.05) is 19.1 Å². The molecule has 0 atom stereocenters. The number of hydrogen-bond donors (Lipinski definition) is 3. The first-order valence-corrected chi connectivity index (χ1v) is 9.43. The first kappa shape index (κ1) is 18.6. The van der Waals surface area contributed by atoms with Crippen LogP contribution in [0.5, 0.6) is 11.5 Å². The van der Waals surface area contributed by atoms with Crippen LogP contribution in [0.4, 0.5) is 0 Å². The van der Waals surface area contributed by atoms with Crippen LogP contribution in [0.2, 0.25) is 5.02 Å². The molecule has 0 saturated heterocycles. The van der Waals surface area contributed by atoms with Gasteiger partial charge in [-0.15, -0.1) is 0 Å². The Kier molecular flexibility index (Phi) is 6.44. The molecule has 2 aliphatic rings. The van der Waals surface area contributed by atoms with E-state index in [9.17, 15) is 4.79 Å². The highest BCUT2D eigenvalue weighted by molar-refractivity contribution is 6.32. The minimum absolute atomic E-state index is 0.152. The van der Waals surface area contributed by atoms with Crippen LogP contribution in [0.15, 0.2) is 17.1 Å². The van der Waals surface area contributed by atoms with Crippen LogP contribution in [-0.2, 0) is 11.3 Å². The van der Waals surface area contributed by atoms with Gasteiger partial charge in [0.1, 0.15) is 13.2 Å². The van der Waals surface area contributed by atoms with Crippen molar-refractivity contribution in [3.05, 3.63) is 22.7 Å². The van der Waals surface area contributed by atoms with Crippen molar-refractivity contribution in [3.63, 3.8) is 0 Å². The second kappa shape index (κ2) is 8.98. The Morgan fingerprint density at radius 2 is 1.96 bits per heavy atom. The van der Waals surface area contributed by atoms with Crippen LogP contribution < -0.4 is 25.4 Å². The number of benzene rings is 1. The number of rotatable bonds is 7. The molecular weight excluding hydrogens is 356 g/mol. The van der Waals surface area contributed by atoms with Gasteiger partial charge in [0.15, 0.2) is 17.5 Å². The molecule has 3 rings (SSSR count). The molecule has 0 bridgehead atoms. The first-order chi connectivity index (χ1) is 12.7. The Bertz CT molecular complexity index is 677. The van der Waals surface area contributed by atoms with Crippen LogP contribution in [0.25, 0.3) is 0 Å². The van der Waals surface area contributed by atoms with Gasteiger partial charge in [0.2, 0.25) is 5.91 Å². The maximum absolute atomic E-state index is 11.6. The monoisotopic (exact) mass is 380 g/mol. The first-order valence-electron chi connectivity index (χ1n) is 9.05. The molecule has 1 saturated carbocycles. The highest BCUT2D eigenvalue weighted by Gasteiger charge is 2.28. The van der Waals surface area contributed by atoms with Gasteiger partial charge in [-0.1, -0.05) is 11.6 Å². The van der Waals surface area contributed by atoms with E-state index in [1.54, 1.807) is 0 Å². The summed E-state index contributed by atoms with van der Waals surface area (Å²) in [5.41, 5.74) is 0.943. The average molecular weight is 381 g/mol. The molecule has 8 heteroatoms. The molecule has 0 radical (unpaired) electrons. The van der Waals surface area contributed by atoms with E-state index in [0.717, 1.165) is 24.9 Å². The molecule has 142 valence electrons. The Morgan fingerprint density at radius 1 is 1.19 bits per heavy atom. The van der Waals surface area contributed by atoms with Crippen LogP contribution >= 0.6 is 11.6 Å². The zero-order chi connectivity index (χ0) is 18.4. The van der Waals surface area contributed by atoms with Crippen molar-refractivity contribution in [1.29, 1.82) is 0 Å². The third kappa shape index (κ3) is 5.17. The lowest BCUT2D eigenvalue weighted by Crippen LogP contribution is -2.41. The number of aliphatic imine (C=N–C) groups is 1. The van der Waals surface area contributed by atoms with E-state index < -0.39 is 0 Å². The van der Waals surface area contributed by atoms with Crippen molar-refractivity contribution in [2.45, 2.75) is 26.3 Å². The van der Waals surface area contributed by atoms with Gasteiger partial charge in [0.25, 0.3) is 0 Å². The van der Waals surface area contributed by atoms with E-state index in [-0.39, 0.29) is 11.8 Å². The summed E-state index contributed by atoms with van der Waals surface area (Å²) in [7, 11) is 0. The van der Waals surface area contributed by atoms with Gasteiger partial charge in [0.05, 0.1) is 11.6 Å². The summed E-state index contributed by atoms with van der Waals surface area (Å²) in [6.07, 6.45) is 2.03. The maximum atomic E-state index is 11.6. The van der Waals surface area contributed by atoms with Gasteiger partial charge in [-0.2, -0.15) is 0 Å². The predicted octanol–water partition coefficient (Wildman–Crippen LogP) is 1.69. The number of guanidine groups is 1. The third-order valence-corrected chi connectivity index (χ3v) is 4.37. The summed E-state index contributed by atoms with van der Waals surface area (Å²) in [6.45, 7) is 5.44. The van der Waals surface area contributed by atoms with Crippen LogP contribution in [0.1, 0.15) is 25.3 Å². The standard InChI is InChI=1S/C18H25ClN4O3/c1-2-20-18(22-6-5-21-17(24)13-3-4-13)23-11-12-9-14(19)16-15(10-12)25-7-8-26-16/h9-10,13H,2-8,11H2,1H3,(H,21,24)(H2,20,22,23). The smallest absolute Gasteiger partial charge is 0.223 e. The summed E-state index contributed by atoms with van der Waals surface area (Å²) in [4.78, 5) is 16.2. The fourth-order valence-corrected chi connectivity index (χ4v) is 2.91. The quantitative estimate of drug-likeness (QED) is 0.381. The molecule has 0 spiro atoms. The molecule has 3 N–H and O–H groups in total. The van der Waals surface area contributed by atoms with Crippen LogP contribution in [0.3, 0.4) is 0 Å². The fraction of sp³-hybridized carbons (Fsp3) is 0.556. The van der Waals surface area contributed by atoms with Crippen molar-refractivity contribution in [1.82, 2.24) is 16.0 Å². The topological polar surface area (TPSA) is 84.0 Å². The number of nitrogens with one attached hydrogen (secondary N) is 3. The Labute approximate surface area is 158 Å². The predicted molar refractivity (Wildman–Crippen MR) is 101 cm³/mol. The average Bonchev–Trinajstić information content (AvgIpc) is 3.48. The van der Waals surface area contributed by atoms with E-state index in [0.29, 0.717) is 55.3 Å². The van der Waals surface area contributed by atoms with Gasteiger partial charge in [-0.3, -0.25) is 4.79 Å². The van der Waals surface area contributed by atoms with Crippen molar-refractivity contribution in [2.75, 3.05) is 32.8 Å². The van der Waals surface area contributed by atoms with Crippen molar-refractivity contribution >= 4 is 23.5 Å². The summed E-state index contributed by atoms with van der Waals surface area (Å²) in [5, 5.41) is 9.87. The lowest BCUT2D eigenvalue weighted by atomic mass is 10.2. The zero-order valence-corrected chi connectivity index (χ0v) is 15.7. The molecule has 7 nitrogen and oxygen atoms in total. The molecule has 1 fully saturated rings. The number of ether oxygens (including phenoxy) is 2. The number of carbonyl (C=O) groups is 1. The lowest BCUT2D eigenvalue weighted by molar-refractivity contribution is -0.122. The van der Waals surface area contributed by atoms with Crippen molar-refractivity contribution < 1.29 is 14.3 Å². The second-order valence-corrected chi connectivity index (χ2v) is 6.70. The zero-order valence-electron chi connectivity index (χ0n) is 14.9. The number of fused-ring (bicyclic) bond motifs is 1. The Hall–Kier alpha value is -2.15. The summed E-state index contributed by atoms with van der Waals surface area (Å²) in [5.74, 6) is 2.34. The third-order valence-electron chi connectivity index (χ3n) is 4.09. The van der Waals surface area contributed by atoms with Gasteiger partial charge in [-0.05, 0) is 37.5 Å². The van der Waals surface area contributed by atoms with E-state index >= 15 is 0 Å². The number of halogens is 1. The van der Waals surface area contributed by atoms with Gasteiger partial charge in [0, 0.05) is 25.6 Å². The summed E-state index contributed by atoms with van der Waals surface area (Å²) in [6, 6.07) is 3.75. The Morgan fingerprint density at radius 3 is 2.73 bits per heavy atom. The molecule has 1 aromatic rings. The highest BCUT2D eigenvalue weighted by Crippen LogP contribution is 2.38. The molecule has 1 aromatic carbocycles. The number of hydrogen-bond acceptors (Lipinski definition) is 4. The molecular formula is C18H25ClN4O3. The Balaban J connectivity index is 1.53. The number of carbonyl (C=O) groups excluding carboxylic acids is 1. The van der Waals surface area contributed by atoms with Gasteiger partial charge < -0.3 is 25.4 Å². The highest BCUT2D eigenvalue weighted by atomic mass is 35.5. The minimum Gasteiger partial charge on any atom is -0.486 e. The summed E-state index contributed by atoms with van der Waals surface area (Å²) < 4.78 is 11.1. The SMILES string of the molecule is CCNC(=NCc1cc(Cl)c2c(c1)OCCO2)NCCNC(=O)C1CC1. The largest absolute Gasteiger partial charge is 0.486 e. The van der Waals surface area contributed by atoms with Gasteiger partial charge >= 0.3 is 0 Å². The number of amides is 1. The van der Waals surface area contributed by atoms with Crippen LogP contribution in [0, 0.1) is 5.92 Å². The molecule has 1 aliphatic heterocycles. The van der Waals surface area contributed by atoms with E-state index in [2.05, 4.69) is 20.9 Å². The minimum atomic E-state index is 0.152. The lowest BCUT2D eigenvalue weighted by Gasteiger charge is -2.20. The van der Waals surface area contributed by atoms with Crippen LogP contribution in [-0.4, -0.2) is 44.7 Å². The maximum Gasteiger partial charge on any atom is 0.223 e. The van der Waals surface area contributed by atoms with E-state index in [1.165, 1.54) is 0 Å². The molecule has 26 heavy (non-hydrogen) atoms. The molecule has 0 unspecified atom stereocenters. The normalized spacial score (nSPS) is 16.2. The summed E-state index contributed by atoms with van der Waals surface area (Å²) >= 11 is 6.26. The molecule has 1 aliphatic carbocycles. The molecule has 1 heterocycles. The second-order valence-electron chi connectivity index (χ2n) is 6.29.